The molecule has 0 unspecified atom stereocenters. The number of phenols is 1. The minimum absolute atomic E-state index is 0.0242. The first-order chi connectivity index (χ1) is 43.7. The van der Waals surface area contributed by atoms with Gasteiger partial charge in [-0.2, -0.15) is 0 Å². The van der Waals surface area contributed by atoms with E-state index in [0.717, 1.165) is 0 Å². The van der Waals surface area contributed by atoms with Gasteiger partial charge in [-0.05, 0) is 104 Å². The van der Waals surface area contributed by atoms with E-state index in [1.165, 1.54) is 29.2 Å². The number of primary amides is 2. The van der Waals surface area contributed by atoms with Crippen LogP contribution in [0.15, 0.2) is 85.1 Å². The molecule has 0 spiro atoms. The predicted molar refractivity (Wildman–Crippen MR) is 340 cm³/mol. The number of aromatic nitrogens is 1. The average molecular weight is 1280 g/mol. The van der Waals surface area contributed by atoms with Crippen molar-refractivity contribution in [3.05, 3.63) is 102 Å². The van der Waals surface area contributed by atoms with E-state index in [9.17, 15) is 57.8 Å². The van der Waals surface area contributed by atoms with E-state index in [1.54, 1.807) is 74.6 Å². The number of aromatic hydroxyl groups is 1. The third-order valence-corrected chi connectivity index (χ3v) is 16.1. The molecule has 0 aliphatic carbocycles. The SMILES string of the molecule is CC(C)C[C@@H]1NC(=O)[C@H](CCCN)NC(=O)[C@@H](C(C)C)NC(=O)[C@H](Cc2ccc(O)cc2)NC(=O)[C@H](CCC(N)=O)NC(=O)[C@H](CC(N)=O)NC(=O)[C@@H](Cc2c[nH]c3ccccc23)NC(=O)[C@H](CC(C)C)NC(=O)[C@@H]2CCCN2C(=O)[C@@H](Cc2ccccc2)NC1=O. The number of hydrogen-bond donors (Lipinski definition) is 14. The van der Waals surface area contributed by atoms with Gasteiger partial charge in [-0.25, -0.2) is 0 Å². The maximum absolute atomic E-state index is 15.1. The van der Waals surface area contributed by atoms with Gasteiger partial charge in [0.15, 0.2) is 0 Å². The van der Waals surface area contributed by atoms with Crippen LogP contribution in [0.1, 0.15) is 116 Å². The van der Waals surface area contributed by atoms with E-state index in [4.69, 9.17) is 17.2 Å². The van der Waals surface area contributed by atoms with E-state index in [0.29, 0.717) is 34.0 Å². The van der Waals surface area contributed by atoms with Gasteiger partial charge in [0.25, 0.3) is 0 Å². The summed E-state index contributed by atoms with van der Waals surface area (Å²) in [4.78, 5) is 177. The van der Waals surface area contributed by atoms with Gasteiger partial charge in [0, 0.05) is 49.3 Å². The molecule has 0 bridgehead atoms. The molecular formula is C65H90N14O13. The number of nitrogens with two attached hydrogens (primary N) is 3. The standard InChI is InChI=1S/C65H90N14O13/c1-35(2)28-46-59(86)77-51(31-38-14-8-7-9-15-38)65(92)79-27-13-19-52(79)63(90)76-47(29-36(3)4)58(85)74-49(32-40-34-69-43-17-11-10-16-42(40)43)60(87)75-50(33-54(68)82)61(88)70-45(24-25-53(67)81)57(84)73-48(30-39-20-22-41(80)23-21-39)62(89)78-55(37(5)6)64(91)71-44(18-12-26-66)56(83)72-46/h7-11,14-17,20-23,34-37,44-52,55,69,80H,12-13,18-19,24-33,66H2,1-6H3,(H2,67,81)(H2,68,82)(H,70,88)(H,71,91)(H,72,83)(H,73,84)(H,74,85)(H,75,87)(H,76,90)(H,77,86)(H,78,89)/t44-,45-,46-,47-,48-,49+,50-,51+,52-,55+/m0/s1. The highest BCUT2D eigenvalue weighted by atomic mass is 16.3. The molecule has 2 fully saturated rings. The van der Waals surface area contributed by atoms with Gasteiger partial charge in [-0.15, -0.1) is 0 Å². The van der Waals surface area contributed by atoms with Crippen molar-refractivity contribution in [3.63, 3.8) is 0 Å². The van der Waals surface area contributed by atoms with E-state index in [-0.39, 0.29) is 82.0 Å². The second-order valence-corrected chi connectivity index (χ2v) is 24.9. The molecule has 0 radical (unpaired) electrons. The van der Waals surface area contributed by atoms with Gasteiger partial charge in [0.2, 0.25) is 70.9 Å². The summed E-state index contributed by atoms with van der Waals surface area (Å²) in [7, 11) is 0. The van der Waals surface area contributed by atoms with Crippen LogP contribution >= 0.6 is 0 Å². The van der Waals surface area contributed by atoms with Crippen LogP contribution in [0.5, 0.6) is 5.75 Å². The first-order valence-electron chi connectivity index (χ1n) is 31.4. The molecule has 2 aliphatic rings. The number of carbonyl (C=O) groups excluding carboxylic acids is 12. The summed E-state index contributed by atoms with van der Waals surface area (Å²) in [6.07, 6.45) is 0.0637. The van der Waals surface area contributed by atoms with E-state index in [1.807, 2.05) is 27.7 Å². The van der Waals surface area contributed by atoms with E-state index >= 15 is 4.79 Å². The van der Waals surface area contributed by atoms with Crippen LogP contribution in [-0.4, -0.2) is 159 Å². The van der Waals surface area contributed by atoms with Crippen molar-refractivity contribution in [1.29, 1.82) is 0 Å². The average Bonchev–Trinajstić information content (AvgIpc) is 1.77. The quantitative estimate of drug-likeness (QED) is 0.0583. The van der Waals surface area contributed by atoms with Crippen LogP contribution in [0.25, 0.3) is 10.9 Å². The highest BCUT2D eigenvalue weighted by Crippen LogP contribution is 2.23. The van der Waals surface area contributed by atoms with E-state index < -0.39 is 156 Å². The van der Waals surface area contributed by atoms with Crippen LogP contribution in [-0.2, 0) is 76.8 Å². The smallest absolute Gasteiger partial charge is 0.246 e. The largest absolute Gasteiger partial charge is 0.508 e. The molecule has 2 aliphatic heterocycles. The lowest BCUT2D eigenvalue weighted by atomic mass is 9.98. The van der Waals surface area contributed by atoms with Gasteiger partial charge in [0.05, 0.1) is 6.42 Å². The van der Waals surface area contributed by atoms with Gasteiger partial charge in [-0.1, -0.05) is 102 Å². The fraction of sp³-hybridized carbons (Fsp3) is 0.508. The van der Waals surface area contributed by atoms with Crippen molar-refractivity contribution in [2.24, 2.45) is 35.0 Å². The number of nitrogens with zero attached hydrogens (tertiary/aromatic N) is 1. The maximum Gasteiger partial charge on any atom is 0.246 e. The molecule has 92 heavy (non-hydrogen) atoms. The molecule has 6 rings (SSSR count). The van der Waals surface area contributed by atoms with Gasteiger partial charge >= 0.3 is 0 Å². The predicted octanol–water partition coefficient (Wildman–Crippen LogP) is -0.103. The number of para-hydroxylation sites is 1. The molecule has 10 atom stereocenters. The summed E-state index contributed by atoms with van der Waals surface area (Å²) < 4.78 is 0. The summed E-state index contributed by atoms with van der Waals surface area (Å²) in [5.74, 6) is -11.9. The van der Waals surface area contributed by atoms with E-state index in [2.05, 4.69) is 52.8 Å². The van der Waals surface area contributed by atoms with Crippen LogP contribution < -0.4 is 65.1 Å². The lowest BCUT2D eigenvalue weighted by molar-refractivity contribution is -0.142. The number of aromatic amines is 1. The lowest BCUT2D eigenvalue weighted by Gasteiger charge is -2.32. The van der Waals surface area contributed by atoms with Crippen molar-refractivity contribution in [3.8, 4) is 5.75 Å². The molecule has 3 heterocycles. The molecule has 27 nitrogen and oxygen atoms in total. The third-order valence-electron chi connectivity index (χ3n) is 16.1. The Bertz CT molecular complexity index is 3260. The molecule has 498 valence electrons. The van der Waals surface area contributed by atoms with Crippen LogP contribution in [0.2, 0.25) is 0 Å². The van der Waals surface area contributed by atoms with Crippen molar-refractivity contribution in [1.82, 2.24) is 57.7 Å². The highest BCUT2D eigenvalue weighted by Gasteiger charge is 2.42. The Morgan fingerprint density at radius 3 is 1.60 bits per heavy atom. The zero-order valence-corrected chi connectivity index (χ0v) is 53.0. The maximum atomic E-state index is 15.1. The Labute approximate surface area is 534 Å². The monoisotopic (exact) mass is 1270 g/mol. The topological polar surface area (TPSA) is 430 Å². The molecular weight excluding hydrogens is 1180 g/mol. The first kappa shape index (κ1) is 71.7. The second-order valence-electron chi connectivity index (χ2n) is 24.9. The number of nitrogens with one attached hydrogen (secondary N) is 10. The third kappa shape index (κ3) is 21.1. The summed E-state index contributed by atoms with van der Waals surface area (Å²) in [5.41, 5.74) is 19.4. The lowest BCUT2D eigenvalue weighted by Crippen LogP contribution is -2.62. The Balaban J connectivity index is 1.46. The fourth-order valence-corrected chi connectivity index (χ4v) is 11.3. The summed E-state index contributed by atoms with van der Waals surface area (Å²) in [6, 6.07) is 7.11. The number of benzene rings is 3. The number of fused-ring (bicyclic) bond motifs is 2. The fourth-order valence-electron chi connectivity index (χ4n) is 11.3. The van der Waals surface area contributed by atoms with Gasteiger partial charge in [-0.3, -0.25) is 57.5 Å². The Morgan fingerprint density at radius 1 is 0.522 bits per heavy atom. The number of rotatable bonds is 19. The Morgan fingerprint density at radius 2 is 1.00 bits per heavy atom. The van der Waals surface area contributed by atoms with Crippen molar-refractivity contribution in [2.75, 3.05) is 13.1 Å². The van der Waals surface area contributed by atoms with Gasteiger partial charge in [0.1, 0.15) is 66.2 Å². The Kier molecular flexibility index (Phi) is 26.6. The number of H-pyrrole nitrogens is 1. The van der Waals surface area contributed by atoms with Crippen molar-refractivity contribution < 1.29 is 62.6 Å². The molecule has 2 saturated heterocycles. The minimum Gasteiger partial charge on any atom is -0.508 e. The van der Waals surface area contributed by atoms with Crippen LogP contribution in [0.3, 0.4) is 0 Å². The number of phenolic OH excluding ortho intramolecular Hbond substituents is 1. The van der Waals surface area contributed by atoms with Gasteiger partial charge < -0.3 is 80.0 Å². The zero-order valence-electron chi connectivity index (χ0n) is 53.0. The summed E-state index contributed by atoms with van der Waals surface area (Å²) in [5, 5.41) is 35.1. The van der Waals surface area contributed by atoms with Crippen molar-refractivity contribution >= 4 is 81.8 Å². The van der Waals surface area contributed by atoms with Crippen LogP contribution in [0.4, 0.5) is 0 Å². The molecule has 17 N–H and O–H groups in total. The summed E-state index contributed by atoms with van der Waals surface area (Å²) >= 11 is 0. The number of amides is 12. The normalized spacial score (nSPS) is 24.1. The first-order valence-corrected chi connectivity index (χ1v) is 31.4. The Hall–Kier alpha value is -9.40. The van der Waals surface area contributed by atoms with Crippen LogP contribution in [0, 0.1) is 17.8 Å². The molecule has 12 amide bonds. The molecule has 27 heteroatoms. The molecule has 0 saturated carbocycles. The van der Waals surface area contributed by atoms with Crippen molar-refractivity contribution in [2.45, 2.75) is 179 Å². The highest BCUT2D eigenvalue weighted by molar-refractivity contribution is 6.01. The number of carbonyl (C=O) groups is 12. The minimum atomic E-state index is -1.85. The second kappa shape index (κ2) is 34.1. The zero-order chi connectivity index (χ0) is 67.3. The molecule has 1 aromatic heterocycles. The molecule has 4 aromatic rings. The summed E-state index contributed by atoms with van der Waals surface area (Å²) in [6.45, 7) is 10.7. The molecule has 3 aromatic carbocycles. The number of hydrogen-bond acceptors (Lipinski definition) is 14.